The van der Waals surface area contributed by atoms with Gasteiger partial charge in [-0.3, -0.25) is 5.32 Å². The standard InChI is InChI=1S/C17H21N3O2/c1-12-8-13(2)19-16(9-12)20-17(22)18-10-15(11-21)14-6-4-3-5-7-14/h3-9,15,21H,10-11H2,1-2H3,(H2,18,19,20,22). The van der Waals surface area contributed by atoms with Gasteiger partial charge in [0.05, 0.1) is 6.61 Å². The van der Waals surface area contributed by atoms with Crippen molar-refractivity contribution in [2.45, 2.75) is 19.8 Å². The van der Waals surface area contributed by atoms with Gasteiger partial charge in [-0.1, -0.05) is 30.3 Å². The van der Waals surface area contributed by atoms with E-state index in [1.807, 2.05) is 56.3 Å². The molecule has 3 N–H and O–H groups in total. The molecule has 0 aliphatic carbocycles. The number of hydrogen-bond acceptors (Lipinski definition) is 3. The Morgan fingerprint density at radius 2 is 1.95 bits per heavy atom. The third-order valence-electron chi connectivity index (χ3n) is 3.34. The number of benzene rings is 1. The molecule has 2 rings (SSSR count). The van der Waals surface area contributed by atoms with Gasteiger partial charge in [-0.15, -0.1) is 0 Å². The van der Waals surface area contributed by atoms with Crippen molar-refractivity contribution in [3.63, 3.8) is 0 Å². The maximum atomic E-state index is 11.9. The molecule has 5 nitrogen and oxygen atoms in total. The number of carbonyl (C=O) groups is 1. The summed E-state index contributed by atoms with van der Waals surface area (Å²) in [5.41, 5.74) is 2.89. The average molecular weight is 299 g/mol. The molecule has 22 heavy (non-hydrogen) atoms. The van der Waals surface area contributed by atoms with Crippen LogP contribution in [0.4, 0.5) is 10.6 Å². The van der Waals surface area contributed by atoms with E-state index in [2.05, 4.69) is 15.6 Å². The number of carbonyl (C=O) groups excluding carboxylic acids is 1. The van der Waals surface area contributed by atoms with Crippen molar-refractivity contribution in [1.82, 2.24) is 10.3 Å². The third-order valence-corrected chi connectivity index (χ3v) is 3.34. The smallest absolute Gasteiger partial charge is 0.320 e. The number of urea groups is 1. The maximum Gasteiger partial charge on any atom is 0.320 e. The molecule has 0 radical (unpaired) electrons. The number of aliphatic hydroxyl groups excluding tert-OH is 1. The van der Waals surface area contributed by atoms with E-state index in [9.17, 15) is 9.90 Å². The molecule has 2 amide bonds. The van der Waals surface area contributed by atoms with E-state index >= 15 is 0 Å². The fourth-order valence-corrected chi connectivity index (χ4v) is 2.29. The van der Waals surface area contributed by atoms with Crippen LogP contribution >= 0.6 is 0 Å². The van der Waals surface area contributed by atoms with E-state index < -0.39 is 0 Å². The van der Waals surface area contributed by atoms with Gasteiger partial charge in [0, 0.05) is 18.2 Å². The van der Waals surface area contributed by atoms with E-state index in [0.717, 1.165) is 16.8 Å². The van der Waals surface area contributed by atoms with Gasteiger partial charge >= 0.3 is 6.03 Å². The second-order valence-corrected chi connectivity index (χ2v) is 5.30. The first-order chi connectivity index (χ1) is 10.6. The first-order valence-electron chi connectivity index (χ1n) is 7.24. The fraction of sp³-hybridized carbons (Fsp3) is 0.294. The van der Waals surface area contributed by atoms with Crippen molar-refractivity contribution in [3.05, 3.63) is 59.3 Å². The summed E-state index contributed by atoms with van der Waals surface area (Å²) in [6.45, 7) is 4.17. The summed E-state index contributed by atoms with van der Waals surface area (Å²) in [7, 11) is 0. The van der Waals surface area contributed by atoms with Crippen LogP contribution in [0.2, 0.25) is 0 Å². The van der Waals surface area contributed by atoms with Crippen molar-refractivity contribution < 1.29 is 9.90 Å². The third kappa shape index (κ3) is 4.56. The summed E-state index contributed by atoms with van der Waals surface area (Å²) < 4.78 is 0. The molecule has 1 heterocycles. The lowest BCUT2D eigenvalue weighted by Gasteiger charge is -2.16. The zero-order valence-corrected chi connectivity index (χ0v) is 12.8. The molecule has 0 bridgehead atoms. The quantitative estimate of drug-likeness (QED) is 0.794. The van der Waals surface area contributed by atoms with Crippen LogP contribution in [-0.2, 0) is 0 Å². The maximum absolute atomic E-state index is 11.9. The molecule has 2 aromatic rings. The number of nitrogens with zero attached hydrogens (tertiary/aromatic N) is 1. The van der Waals surface area contributed by atoms with E-state index in [-0.39, 0.29) is 18.6 Å². The van der Waals surface area contributed by atoms with Crippen LogP contribution in [0.5, 0.6) is 0 Å². The monoisotopic (exact) mass is 299 g/mol. The second kappa shape index (κ2) is 7.56. The predicted molar refractivity (Wildman–Crippen MR) is 87.0 cm³/mol. The highest BCUT2D eigenvalue weighted by atomic mass is 16.3. The van der Waals surface area contributed by atoms with Crippen molar-refractivity contribution >= 4 is 11.8 Å². The van der Waals surface area contributed by atoms with E-state index in [1.165, 1.54) is 0 Å². The summed E-state index contributed by atoms with van der Waals surface area (Å²) in [6, 6.07) is 13.1. The molecule has 0 aliphatic heterocycles. The van der Waals surface area contributed by atoms with Crippen LogP contribution in [0.3, 0.4) is 0 Å². The van der Waals surface area contributed by atoms with Gasteiger partial charge in [-0.2, -0.15) is 0 Å². The molecular weight excluding hydrogens is 278 g/mol. The minimum atomic E-state index is -0.327. The Balaban J connectivity index is 1.91. The molecule has 0 saturated heterocycles. The van der Waals surface area contributed by atoms with Gasteiger partial charge in [-0.25, -0.2) is 9.78 Å². The molecule has 5 heteroatoms. The highest BCUT2D eigenvalue weighted by Gasteiger charge is 2.12. The number of hydrogen-bond donors (Lipinski definition) is 3. The van der Waals surface area contributed by atoms with Gasteiger partial charge in [-0.05, 0) is 37.1 Å². The van der Waals surface area contributed by atoms with Gasteiger partial charge < -0.3 is 10.4 Å². The van der Waals surface area contributed by atoms with E-state index in [1.54, 1.807) is 0 Å². The van der Waals surface area contributed by atoms with Crippen LogP contribution in [0, 0.1) is 13.8 Å². The van der Waals surface area contributed by atoms with Crippen molar-refractivity contribution in [3.8, 4) is 0 Å². The topological polar surface area (TPSA) is 74.2 Å². The molecule has 1 unspecified atom stereocenters. The zero-order chi connectivity index (χ0) is 15.9. The fourth-order valence-electron chi connectivity index (χ4n) is 2.29. The van der Waals surface area contributed by atoms with E-state index in [0.29, 0.717) is 12.4 Å². The number of nitrogens with one attached hydrogen (secondary N) is 2. The highest BCUT2D eigenvalue weighted by Crippen LogP contribution is 2.14. The molecule has 1 aromatic heterocycles. The first-order valence-corrected chi connectivity index (χ1v) is 7.24. The molecule has 0 fully saturated rings. The zero-order valence-electron chi connectivity index (χ0n) is 12.8. The molecule has 0 saturated carbocycles. The van der Waals surface area contributed by atoms with E-state index in [4.69, 9.17) is 0 Å². The van der Waals surface area contributed by atoms with Crippen LogP contribution in [0.1, 0.15) is 22.7 Å². The van der Waals surface area contributed by atoms with Gasteiger partial charge in [0.25, 0.3) is 0 Å². The molecule has 0 spiro atoms. The first kappa shape index (κ1) is 16.0. The number of rotatable bonds is 5. The van der Waals surface area contributed by atoms with Gasteiger partial charge in [0.15, 0.2) is 0 Å². The Labute approximate surface area is 130 Å². The van der Waals surface area contributed by atoms with Crippen LogP contribution in [0.25, 0.3) is 0 Å². The lowest BCUT2D eigenvalue weighted by molar-refractivity contribution is 0.243. The van der Waals surface area contributed by atoms with Crippen molar-refractivity contribution in [1.29, 1.82) is 0 Å². The van der Waals surface area contributed by atoms with Crippen LogP contribution in [0.15, 0.2) is 42.5 Å². The summed E-state index contributed by atoms with van der Waals surface area (Å²) in [5, 5.41) is 15.0. The molecule has 1 atom stereocenters. The number of pyridine rings is 1. The SMILES string of the molecule is Cc1cc(C)nc(NC(=O)NCC(CO)c2ccccc2)c1. The minimum absolute atomic E-state index is 0.0217. The Bertz CT molecular complexity index is 609. The molecule has 116 valence electrons. The summed E-state index contributed by atoms with van der Waals surface area (Å²) in [5.74, 6) is 0.398. The molecule has 1 aromatic carbocycles. The lowest BCUT2D eigenvalue weighted by Crippen LogP contribution is -2.33. The minimum Gasteiger partial charge on any atom is -0.396 e. The Morgan fingerprint density at radius 3 is 2.59 bits per heavy atom. The Morgan fingerprint density at radius 1 is 1.23 bits per heavy atom. The number of aryl methyl sites for hydroxylation is 2. The molecular formula is C17H21N3O2. The second-order valence-electron chi connectivity index (χ2n) is 5.30. The summed E-state index contributed by atoms with van der Waals surface area (Å²) in [4.78, 5) is 16.2. The van der Waals surface area contributed by atoms with Crippen LogP contribution < -0.4 is 10.6 Å². The van der Waals surface area contributed by atoms with Crippen molar-refractivity contribution in [2.24, 2.45) is 0 Å². The Hall–Kier alpha value is -2.40. The lowest BCUT2D eigenvalue weighted by atomic mass is 10.0. The number of aliphatic hydroxyl groups is 1. The number of amides is 2. The predicted octanol–water partition coefficient (Wildman–Crippen LogP) is 2.60. The molecule has 0 aliphatic rings. The van der Waals surface area contributed by atoms with Gasteiger partial charge in [0.2, 0.25) is 0 Å². The number of aromatic nitrogens is 1. The highest BCUT2D eigenvalue weighted by molar-refractivity contribution is 5.88. The largest absolute Gasteiger partial charge is 0.396 e. The average Bonchev–Trinajstić information content (AvgIpc) is 2.48. The normalized spacial score (nSPS) is 11.8. The number of anilines is 1. The van der Waals surface area contributed by atoms with Crippen molar-refractivity contribution in [2.75, 3.05) is 18.5 Å². The van der Waals surface area contributed by atoms with Gasteiger partial charge in [0.1, 0.15) is 5.82 Å². The Kier molecular flexibility index (Phi) is 5.49. The van der Waals surface area contributed by atoms with Crippen LogP contribution in [-0.4, -0.2) is 29.3 Å². The summed E-state index contributed by atoms with van der Waals surface area (Å²) in [6.07, 6.45) is 0. The summed E-state index contributed by atoms with van der Waals surface area (Å²) >= 11 is 0.